The molecule has 5 nitrogen and oxygen atoms in total. The molecule has 0 bridgehead atoms. The van der Waals surface area contributed by atoms with Crippen LogP contribution in [0.2, 0.25) is 0 Å². The number of ether oxygens (including phenoxy) is 1. The Kier molecular flexibility index (Phi) is 2.91. The van der Waals surface area contributed by atoms with Gasteiger partial charge in [-0.1, -0.05) is 17.7 Å². The van der Waals surface area contributed by atoms with Gasteiger partial charge in [-0.05, 0) is 25.5 Å². The van der Waals surface area contributed by atoms with E-state index in [1.807, 2.05) is 32.0 Å². The average Bonchev–Trinajstić information content (AvgIpc) is 2.77. The maximum atomic E-state index is 11.2. The number of carbonyl (C=O) groups is 1. The van der Waals surface area contributed by atoms with Crippen molar-refractivity contribution < 1.29 is 13.9 Å². The van der Waals surface area contributed by atoms with E-state index in [0.717, 1.165) is 16.7 Å². The van der Waals surface area contributed by atoms with Gasteiger partial charge in [0.05, 0.1) is 7.11 Å². The van der Waals surface area contributed by atoms with Crippen LogP contribution in [0.4, 0.5) is 0 Å². The molecule has 0 fully saturated rings. The minimum absolute atomic E-state index is 0.137. The quantitative estimate of drug-likeness (QED) is 0.742. The molecule has 2 aromatic rings. The molecule has 0 unspecified atom stereocenters. The number of hydrogen-bond donors (Lipinski definition) is 0. The molecule has 1 heterocycles. The number of hydrogen-bond acceptors (Lipinski definition) is 5. The molecule has 1 aromatic heterocycles. The van der Waals surface area contributed by atoms with Crippen LogP contribution in [0.25, 0.3) is 11.5 Å². The van der Waals surface area contributed by atoms with Crippen molar-refractivity contribution in [3.8, 4) is 11.5 Å². The summed E-state index contributed by atoms with van der Waals surface area (Å²) in [6, 6.07) is 5.85. The van der Waals surface area contributed by atoms with Crippen molar-refractivity contribution in [3.05, 3.63) is 35.2 Å². The second-order valence-corrected chi connectivity index (χ2v) is 3.72. The second kappa shape index (κ2) is 4.37. The summed E-state index contributed by atoms with van der Waals surface area (Å²) in [6.45, 7) is 3.95. The Hall–Kier alpha value is -2.17. The number of methoxy groups -OCH3 is 1. The molecule has 0 aliphatic carbocycles. The minimum atomic E-state index is -0.631. The zero-order valence-electron chi connectivity index (χ0n) is 9.85. The van der Waals surface area contributed by atoms with E-state index in [4.69, 9.17) is 4.42 Å². The molecule has 0 aliphatic heterocycles. The number of aromatic nitrogens is 2. The molecule has 0 amide bonds. The lowest BCUT2D eigenvalue weighted by molar-refractivity contribution is 0.0556. The first-order valence-electron chi connectivity index (χ1n) is 5.11. The summed E-state index contributed by atoms with van der Waals surface area (Å²) in [5.41, 5.74) is 2.99. The van der Waals surface area contributed by atoms with Gasteiger partial charge in [-0.25, -0.2) is 4.79 Å². The number of benzene rings is 1. The molecular weight excluding hydrogens is 220 g/mol. The van der Waals surface area contributed by atoms with Gasteiger partial charge in [-0.15, -0.1) is 10.2 Å². The molecule has 0 spiro atoms. The SMILES string of the molecule is COC(=O)c1nnc(-c2ccc(C)cc2C)o1. The van der Waals surface area contributed by atoms with E-state index < -0.39 is 5.97 Å². The van der Waals surface area contributed by atoms with E-state index in [1.165, 1.54) is 7.11 Å². The Morgan fingerprint density at radius 3 is 2.71 bits per heavy atom. The molecule has 2 rings (SSSR count). The summed E-state index contributed by atoms with van der Waals surface area (Å²) in [5.74, 6) is -0.445. The predicted molar refractivity (Wildman–Crippen MR) is 60.5 cm³/mol. The van der Waals surface area contributed by atoms with Gasteiger partial charge in [0.15, 0.2) is 0 Å². The van der Waals surface area contributed by atoms with E-state index in [2.05, 4.69) is 14.9 Å². The molecule has 17 heavy (non-hydrogen) atoms. The normalized spacial score (nSPS) is 10.3. The zero-order chi connectivity index (χ0) is 12.4. The highest BCUT2D eigenvalue weighted by Crippen LogP contribution is 2.22. The van der Waals surface area contributed by atoms with Gasteiger partial charge in [0.25, 0.3) is 0 Å². The van der Waals surface area contributed by atoms with Gasteiger partial charge in [-0.2, -0.15) is 0 Å². The molecule has 1 aromatic carbocycles. The third-order valence-corrected chi connectivity index (χ3v) is 2.40. The lowest BCUT2D eigenvalue weighted by atomic mass is 10.1. The van der Waals surface area contributed by atoms with Crippen molar-refractivity contribution >= 4 is 5.97 Å². The summed E-state index contributed by atoms with van der Waals surface area (Å²) in [4.78, 5) is 11.2. The molecule has 0 radical (unpaired) electrons. The van der Waals surface area contributed by atoms with Crippen LogP contribution < -0.4 is 0 Å². The van der Waals surface area contributed by atoms with Crippen molar-refractivity contribution in [2.45, 2.75) is 13.8 Å². The standard InChI is InChI=1S/C12H12N2O3/c1-7-4-5-9(8(2)6-7)10-13-14-11(17-10)12(15)16-3/h4-6H,1-3H3. The van der Waals surface area contributed by atoms with Crippen molar-refractivity contribution in [2.24, 2.45) is 0 Å². The van der Waals surface area contributed by atoms with E-state index in [-0.39, 0.29) is 5.89 Å². The molecule has 88 valence electrons. The smallest absolute Gasteiger partial charge is 0.396 e. The summed E-state index contributed by atoms with van der Waals surface area (Å²) < 4.78 is 9.75. The lowest BCUT2D eigenvalue weighted by Crippen LogP contribution is -2.00. The van der Waals surface area contributed by atoms with Gasteiger partial charge in [-0.3, -0.25) is 0 Å². The number of nitrogens with zero attached hydrogens (tertiary/aromatic N) is 2. The van der Waals surface area contributed by atoms with Crippen LogP contribution in [0.5, 0.6) is 0 Å². The Labute approximate surface area is 98.4 Å². The van der Waals surface area contributed by atoms with Crippen LogP contribution in [-0.4, -0.2) is 23.3 Å². The first-order chi connectivity index (χ1) is 8.11. The lowest BCUT2D eigenvalue weighted by Gasteiger charge is -2.01. The molecule has 0 saturated carbocycles. The Balaban J connectivity index is 2.40. The molecule has 0 saturated heterocycles. The fourth-order valence-corrected chi connectivity index (χ4v) is 1.56. The third kappa shape index (κ3) is 2.18. The highest BCUT2D eigenvalue weighted by atomic mass is 16.5. The van der Waals surface area contributed by atoms with Gasteiger partial charge in [0.2, 0.25) is 5.89 Å². The minimum Gasteiger partial charge on any atom is -0.462 e. The maximum Gasteiger partial charge on any atom is 0.396 e. The van der Waals surface area contributed by atoms with Crippen molar-refractivity contribution in [2.75, 3.05) is 7.11 Å². The Morgan fingerprint density at radius 1 is 1.29 bits per heavy atom. The van der Waals surface area contributed by atoms with Crippen molar-refractivity contribution in [1.29, 1.82) is 0 Å². The van der Waals surface area contributed by atoms with E-state index in [1.54, 1.807) is 0 Å². The number of rotatable bonds is 2. The van der Waals surface area contributed by atoms with Gasteiger partial charge >= 0.3 is 11.9 Å². The topological polar surface area (TPSA) is 65.2 Å². The molecular formula is C12H12N2O3. The summed E-state index contributed by atoms with van der Waals surface area (Å²) >= 11 is 0. The second-order valence-electron chi connectivity index (χ2n) is 3.72. The monoisotopic (exact) mass is 232 g/mol. The van der Waals surface area contributed by atoms with Crippen molar-refractivity contribution in [3.63, 3.8) is 0 Å². The van der Waals surface area contributed by atoms with E-state index >= 15 is 0 Å². The zero-order valence-corrected chi connectivity index (χ0v) is 9.85. The number of aryl methyl sites for hydroxylation is 2. The summed E-state index contributed by atoms with van der Waals surface area (Å²) in [5, 5.41) is 7.46. The van der Waals surface area contributed by atoms with Crippen LogP contribution in [-0.2, 0) is 4.74 Å². The maximum absolute atomic E-state index is 11.2. The highest BCUT2D eigenvalue weighted by Gasteiger charge is 2.16. The fraction of sp³-hybridized carbons (Fsp3) is 0.250. The Morgan fingerprint density at radius 2 is 2.06 bits per heavy atom. The number of carbonyl (C=O) groups excluding carboxylic acids is 1. The van der Waals surface area contributed by atoms with Gasteiger partial charge < -0.3 is 9.15 Å². The van der Waals surface area contributed by atoms with Gasteiger partial charge in [0, 0.05) is 5.56 Å². The first-order valence-corrected chi connectivity index (χ1v) is 5.11. The molecule has 5 heteroatoms. The van der Waals surface area contributed by atoms with Gasteiger partial charge in [0.1, 0.15) is 0 Å². The van der Waals surface area contributed by atoms with E-state index in [9.17, 15) is 4.79 Å². The average molecular weight is 232 g/mol. The van der Waals surface area contributed by atoms with Crippen LogP contribution in [0.1, 0.15) is 21.8 Å². The third-order valence-electron chi connectivity index (χ3n) is 2.40. The highest BCUT2D eigenvalue weighted by molar-refractivity contribution is 5.84. The number of esters is 1. The van der Waals surface area contributed by atoms with E-state index in [0.29, 0.717) is 5.89 Å². The first kappa shape index (κ1) is 11.3. The summed E-state index contributed by atoms with van der Waals surface area (Å²) in [6.07, 6.45) is 0. The molecule has 0 atom stereocenters. The largest absolute Gasteiger partial charge is 0.462 e. The Bertz CT molecular complexity index is 561. The molecule has 0 aliphatic rings. The van der Waals surface area contributed by atoms with Crippen LogP contribution in [0.15, 0.2) is 22.6 Å². The van der Waals surface area contributed by atoms with Crippen LogP contribution in [0, 0.1) is 13.8 Å². The molecule has 0 N–H and O–H groups in total. The summed E-state index contributed by atoms with van der Waals surface area (Å²) in [7, 11) is 1.27. The van der Waals surface area contributed by atoms with Crippen molar-refractivity contribution in [1.82, 2.24) is 10.2 Å². The predicted octanol–water partition coefficient (Wildman–Crippen LogP) is 2.14. The fourth-order valence-electron chi connectivity index (χ4n) is 1.56. The van der Waals surface area contributed by atoms with Crippen LogP contribution >= 0.6 is 0 Å². The van der Waals surface area contributed by atoms with Crippen LogP contribution in [0.3, 0.4) is 0 Å².